The van der Waals surface area contributed by atoms with Crippen LogP contribution in [-0.4, -0.2) is 27.3 Å². The molecule has 1 fully saturated rings. The van der Waals surface area contributed by atoms with Gasteiger partial charge < -0.3 is 5.73 Å². The summed E-state index contributed by atoms with van der Waals surface area (Å²) in [7, 11) is 0. The Kier molecular flexibility index (Phi) is 2.49. The summed E-state index contributed by atoms with van der Waals surface area (Å²) in [5.74, 6) is 0. The van der Waals surface area contributed by atoms with E-state index in [0.717, 1.165) is 22.5 Å². The van der Waals surface area contributed by atoms with Crippen molar-refractivity contribution < 1.29 is 0 Å². The number of hydrogen-bond acceptors (Lipinski definition) is 5. The first-order valence-electron chi connectivity index (χ1n) is 5.55. The van der Waals surface area contributed by atoms with E-state index in [4.69, 9.17) is 5.73 Å². The molecule has 1 aliphatic heterocycles. The summed E-state index contributed by atoms with van der Waals surface area (Å²) in [5.41, 5.74) is 8.53. The monoisotopic (exact) mass is 234 g/mol. The van der Waals surface area contributed by atoms with Gasteiger partial charge in [-0.3, -0.25) is 9.88 Å². The van der Waals surface area contributed by atoms with Crippen LogP contribution in [0.3, 0.4) is 0 Å². The predicted molar refractivity (Wildman–Crippen MR) is 66.3 cm³/mol. The number of nitrogens with zero attached hydrogens (tertiary/aromatic N) is 3. The largest absolute Gasteiger partial charge is 0.397 e. The Balaban J connectivity index is 1.91. The minimum absolute atomic E-state index is 0.712. The molecule has 0 unspecified atom stereocenters. The van der Waals surface area contributed by atoms with Gasteiger partial charge in [0.1, 0.15) is 5.52 Å². The fraction of sp³-hybridized carbons (Fsp3) is 0.455. The molecule has 0 bridgehead atoms. The normalized spacial score (nSPS) is 17.2. The molecule has 16 heavy (non-hydrogen) atoms. The fourth-order valence-electron chi connectivity index (χ4n) is 2.15. The molecule has 0 spiro atoms. The highest BCUT2D eigenvalue weighted by atomic mass is 32.1. The summed E-state index contributed by atoms with van der Waals surface area (Å²) in [5, 5.41) is 0. The summed E-state index contributed by atoms with van der Waals surface area (Å²) in [6.45, 7) is 3.30. The lowest BCUT2D eigenvalue weighted by Gasteiger charge is -2.12. The van der Waals surface area contributed by atoms with E-state index >= 15 is 0 Å². The molecule has 84 valence electrons. The minimum Gasteiger partial charge on any atom is -0.397 e. The number of likely N-dealkylation sites (tertiary alicyclic amines) is 1. The maximum atomic E-state index is 5.70. The van der Waals surface area contributed by atoms with E-state index in [-0.39, 0.29) is 0 Å². The average Bonchev–Trinajstić information content (AvgIpc) is 2.89. The molecule has 0 amide bonds. The number of hydrogen-bond donors (Lipinski definition) is 1. The summed E-state index contributed by atoms with van der Waals surface area (Å²) in [4.78, 5) is 6.82. The lowest BCUT2D eigenvalue weighted by molar-refractivity contribution is 0.329. The molecule has 2 aromatic rings. The van der Waals surface area contributed by atoms with Crippen LogP contribution >= 0.6 is 11.5 Å². The van der Waals surface area contributed by atoms with Crippen LogP contribution in [0.5, 0.6) is 0 Å². The molecule has 2 N–H and O–H groups in total. The molecule has 2 aromatic heterocycles. The lowest BCUT2D eigenvalue weighted by atomic mass is 10.3. The quantitative estimate of drug-likeness (QED) is 0.862. The summed E-state index contributed by atoms with van der Waals surface area (Å²) in [6.07, 6.45) is 4.33. The summed E-state index contributed by atoms with van der Waals surface area (Å²) >= 11 is 1.49. The highest BCUT2D eigenvalue weighted by molar-refractivity contribution is 7.13. The molecule has 0 saturated carbocycles. The van der Waals surface area contributed by atoms with Crippen molar-refractivity contribution >= 4 is 27.4 Å². The zero-order valence-corrected chi connectivity index (χ0v) is 9.83. The Bertz CT molecular complexity index is 502. The first kappa shape index (κ1) is 9.99. The second-order valence-electron chi connectivity index (χ2n) is 4.23. The molecule has 0 aromatic carbocycles. The van der Waals surface area contributed by atoms with E-state index in [1.54, 1.807) is 6.20 Å². The van der Waals surface area contributed by atoms with Crippen molar-refractivity contribution in [3.05, 3.63) is 18.0 Å². The fourth-order valence-corrected chi connectivity index (χ4v) is 2.95. The van der Waals surface area contributed by atoms with Crippen molar-refractivity contribution in [2.24, 2.45) is 0 Å². The number of rotatable bonds is 2. The Labute approximate surface area is 98.3 Å². The standard InChI is InChI=1S/C11H14N4S/c12-8-5-10-11(13-6-8)9(14-16-10)7-15-3-1-2-4-15/h5-6H,1-4,7,12H2. The van der Waals surface area contributed by atoms with Crippen LogP contribution < -0.4 is 5.73 Å². The molecule has 0 atom stereocenters. The van der Waals surface area contributed by atoms with Gasteiger partial charge in [-0.05, 0) is 43.5 Å². The van der Waals surface area contributed by atoms with Crippen LogP contribution in [0.1, 0.15) is 18.5 Å². The molecular formula is C11H14N4S. The van der Waals surface area contributed by atoms with Gasteiger partial charge in [-0.2, -0.15) is 4.37 Å². The van der Waals surface area contributed by atoms with Crippen LogP contribution in [0.2, 0.25) is 0 Å². The van der Waals surface area contributed by atoms with E-state index in [2.05, 4.69) is 14.3 Å². The van der Waals surface area contributed by atoms with Crippen molar-refractivity contribution in [1.82, 2.24) is 14.3 Å². The third kappa shape index (κ3) is 1.76. The smallest absolute Gasteiger partial charge is 0.106 e. The van der Waals surface area contributed by atoms with Crippen molar-refractivity contribution in [1.29, 1.82) is 0 Å². The molecule has 0 aliphatic carbocycles. The number of aromatic nitrogens is 2. The molecular weight excluding hydrogens is 220 g/mol. The zero-order valence-electron chi connectivity index (χ0n) is 9.02. The van der Waals surface area contributed by atoms with Gasteiger partial charge in [0.15, 0.2) is 0 Å². The van der Waals surface area contributed by atoms with Crippen molar-refractivity contribution in [3.8, 4) is 0 Å². The minimum atomic E-state index is 0.712. The number of nitrogens with two attached hydrogens (primary N) is 1. The number of nitrogen functional groups attached to an aromatic ring is 1. The van der Waals surface area contributed by atoms with Crippen molar-refractivity contribution in [2.45, 2.75) is 19.4 Å². The molecule has 1 aliphatic rings. The Morgan fingerprint density at radius 1 is 1.38 bits per heavy atom. The van der Waals surface area contributed by atoms with Crippen molar-refractivity contribution in [2.75, 3.05) is 18.8 Å². The number of anilines is 1. The van der Waals surface area contributed by atoms with E-state index in [1.165, 1.54) is 37.5 Å². The van der Waals surface area contributed by atoms with Crippen LogP contribution in [0.4, 0.5) is 5.69 Å². The van der Waals surface area contributed by atoms with Gasteiger partial charge in [-0.25, -0.2) is 0 Å². The topological polar surface area (TPSA) is 55.0 Å². The first-order valence-corrected chi connectivity index (χ1v) is 6.32. The number of pyridine rings is 1. The van der Waals surface area contributed by atoms with Gasteiger partial charge in [-0.15, -0.1) is 0 Å². The van der Waals surface area contributed by atoms with E-state index in [0.29, 0.717) is 5.69 Å². The van der Waals surface area contributed by atoms with Gasteiger partial charge >= 0.3 is 0 Å². The molecule has 3 heterocycles. The second kappa shape index (κ2) is 3.99. The Morgan fingerprint density at radius 2 is 2.19 bits per heavy atom. The lowest BCUT2D eigenvalue weighted by Crippen LogP contribution is -2.18. The van der Waals surface area contributed by atoms with Gasteiger partial charge in [0.25, 0.3) is 0 Å². The third-order valence-corrected chi connectivity index (χ3v) is 3.79. The Morgan fingerprint density at radius 3 is 3.00 bits per heavy atom. The van der Waals surface area contributed by atoms with Crippen LogP contribution in [0.25, 0.3) is 10.2 Å². The average molecular weight is 234 g/mol. The predicted octanol–water partition coefficient (Wildman–Crippen LogP) is 1.87. The van der Waals surface area contributed by atoms with E-state index in [9.17, 15) is 0 Å². The zero-order chi connectivity index (χ0) is 11.0. The van der Waals surface area contributed by atoms with Gasteiger partial charge in [-0.1, -0.05) is 0 Å². The number of fused-ring (bicyclic) bond motifs is 1. The first-order chi connectivity index (χ1) is 7.83. The highest BCUT2D eigenvalue weighted by Crippen LogP contribution is 2.24. The van der Waals surface area contributed by atoms with E-state index in [1.807, 2.05) is 6.07 Å². The molecule has 5 heteroatoms. The van der Waals surface area contributed by atoms with Crippen LogP contribution in [0.15, 0.2) is 12.3 Å². The summed E-state index contributed by atoms with van der Waals surface area (Å²) in [6, 6.07) is 1.95. The third-order valence-electron chi connectivity index (χ3n) is 2.97. The van der Waals surface area contributed by atoms with Crippen LogP contribution in [0, 0.1) is 0 Å². The second-order valence-corrected chi connectivity index (χ2v) is 5.03. The molecule has 3 rings (SSSR count). The van der Waals surface area contributed by atoms with Crippen molar-refractivity contribution in [3.63, 3.8) is 0 Å². The molecule has 4 nitrogen and oxygen atoms in total. The van der Waals surface area contributed by atoms with Gasteiger partial charge in [0, 0.05) is 6.54 Å². The van der Waals surface area contributed by atoms with Crippen LogP contribution in [-0.2, 0) is 6.54 Å². The van der Waals surface area contributed by atoms with Gasteiger partial charge in [0.2, 0.25) is 0 Å². The SMILES string of the molecule is Nc1cnc2c(CN3CCCC3)nsc2c1. The Hall–Kier alpha value is -1.20. The van der Waals surface area contributed by atoms with E-state index < -0.39 is 0 Å². The molecule has 1 saturated heterocycles. The summed E-state index contributed by atoms with van der Waals surface area (Å²) < 4.78 is 5.57. The maximum Gasteiger partial charge on any atom is 0.106 e. The van der Waals surface area contributed by atoms with Gasteiger partial charge in [0.05, 0.1) is 22.3 Å². The molecule has 0 radical (unpaired) electrons. The maximum absolute atomic E-state index is 5.70. The highest BCUT2D eigenvalue weighted by Gasteiger charge is 2.15.